The fraction of sp³-hybridized carbons (Fsp3) is 0.333. The van der Waals surface area contributed by atoms with E-state index in [1.165, 1.54) is 12.1 Å². The van der Waals surface area contributed by atoms with Crippen molar-refractivity contribution in [3.63, 3.8) is 0 Å². The molecule has 0 spiro atoms. The van der Waals surface area contributed by atoms with Gasteiger partial charge in [0.25, 0.3) is 0 Å². The zero-order valence-corrected chi connectivity index (χ0v) is 17.7. The Morgan fingerprint density at radius 3 is 2.66 bits per heavy atom. The Bertz CT molecular complexity index is 1220. The topological polar surface area (TPSA) is 116 Å². The molecule has 2 atom stereocenters. The first-order chi connectivity index (χ1) is 15.0. The number of aliphatic hydroxyl groups excluding tert-OH is 2. The molecule has 1 aliphatic rings. The molecular formula is C18H15Cl2F3N6O3. The van der Waals surface area contributed by atoms with Crippen molar-refractivity contribution in [1.82, 2.24) is 19.6 Å². The first-order valence-corrected chi connectivity index (χ1v) is 9.86. The van der Waals surface area contributed by atoms with Gasteiger partial charge in [0.15, 0.2) is 10.8 Å². The summed E-state index contributed by atoms with van der Waals surface area (Å²) in [5.41, 5.74) is -2.62. The van der Waals surface area contributed by atoms with Crippen LogP contribution in [0, 0.1) is 0 Å². The standard InChI is InChI=1S/C18H15Cl2F3N6O3/c1-17(18(21,22)23)7-28(10-5-24-13-3-12(20)27-29(13)15(10)17)16(32)26-8-2-9(19)14(25-4-8)11(31)6-30/h2-5,11,30-31H,6-7H2,1H3,(H,26,32)/t11-,17+/m0/s1. The van der Waals surface area contributed by atoms with Gasteiger partial charge in [-0.2, -0.15) is 18.3 Å². The number of nitrogens with zero attached hydrogens (tertiary/aromatic N) is 5. The number of urea groups is 1. The van der Waals surface area contributed by atoms with Crippen molar-refractivity contribution in [2.45, 2.75) is 24.6 Å². The van der Waals surface area contributed by atoms with Gasteiger partial charge in [0.05, 0.1) is 46.8 Å². The number of fused-ring (bicyclic) bond motifs is 3. The molecule has 0 aromatic carbocycles. The molecule has 32 heavy (non-hydrogen) atoms. The van der Waals surface area contributed by atoms with Crippen molar-refractivity contribution in [1.29, 1.82) is 0 Å². The molecule has 3 aromatic rings. The largest absolute Gasteiger partial charge is 0.401 e. The van der Waals surface area contributed by atoms with Crippen molar-refractivity contribution >= 4 is 46.3 Å². The summed E-state index contributed by atoms with van der Waals surface area (Å²) in [5, 5.41) is 24.9. The predicted octanol–water partition coefficient (Wildman–Crippen LogP) is 3.33. The highest BCUT2D eigenvalue weighted by atomic mass is 35.5. The van der Waals surface area contributed by atoms with Gasteiger partial charge in [-0.05, 0) is 13.0 Å². The third-order valence-corrected chi connectivity index (χ3v) is 5.69. The van der Waals surface area contributed by atoms with E-state index in [-0.39, 0.29) is 38.6 Å². The van der Waals surface area contributed by atoms with Crippen LogP contribution in [0.3, 0.4) is 0 Å². The van der Waals surface area contributed by atoms with Crippen LogP contribution in [0.15, 0.2) is 24.5 Å². The van der Waals surface area contributed by atoms with Crippen LogP contribution in [0.1, 0.15) is 24.4 Å². The highest BCUT2D eigenvalue weighted by Gasteiger charge is 2.60. The van der Waals surface area contributed by atoms with Gasteiger partial charge < -0.3 is 15.5 Å². The lowest BCUT2D eigenvalue weighted by molar-refractivity contribution is -0.181. The minimum absolute atomic E-state index is 0.00881. The average molecular weight is 491 g/mol. The second-order valence-corrected chi connectivity index (χ2v) is 8.16. The molecule has 3 aromatic heterocycles. The van der Waals surface area contributed by atoms with Crippen LogP contribution < -0.4 is 10.2 Å². The van der Waals surface area contributed by atoms with Crippen LogP contribution in [0.5, 0.6) is 0 Å². The fourth-order valence-electron chi connectivity index (χ4n) is 3.53. The number of nitrogens with one attached hydrogen (secondary N) is 1. The number of alkyl halides is 3. The molecule has 0 unspecified atom stereocenters. The second-order valence-electron chi connectivity index (χ2n) is 7.36. The lowest BCUT2D eigenvalue weighted by atomic mass is 9.88. The minimum Gasteiger partial charge on any atom is -0.393 e. The van der Waals surface area contributed by atoms with E-state index in [1.807, 2.05) is 0 Å². The van der Waals surface area contributed by atoms with Crippen molar-refractivity contribution in [2.75, 3.05) is 23.4 Å². The van der Waals surface area contributed by atoms with E-state index in [1.54, 1.807) is 0 Å². The molecular weight excluding hydrogens is 476 g/mol. The summed E-state index contributed by atoms with van der Waals surface area (Å²) >= 11 is 11.9. The Kier molecular flexibility index (Phi) is 5.44. The van der Waals surface area contributed by atoms with Gasteiger partial charge >= 0.3 is 12.2 Å². The van der Waals surface area contributed by atoms with Crippen molar-refractivity contribution < 1.29 is 28.2 Å². The Labute approximate surface area is 188 Å². The zero-order valence-electron chi connectivity index (χ0n) is 16.2. The highest BCUT2D eigenvalue weighted by molar-refractivity contribution is 6.31. The molecule has 0 saturated heterocycles. The number of carbonyl (C=O) groups excluding carboxylic acids is 1. The van der Waals surface area contributed by atoms with Crippen molar-refractivity contribution in [3.8, 4) is 0 Å². The molecule has 2 amide bonds. The molecule has 0 saturated carbocycles. The third kappa shape index (κ3) is 3.52. The molecule has 170 valence electrons. The Morgan fingerprint density at radius 1 is 1.31 bits per heavy atom. The molecule has 0 radical (unpaired) electrons. The summed E-state index contributed by atoms with van der Waals surface area (Å²) in [5.74, 6) is 0. The fourth-order valence-corrected chi connectivity index (χ4v) is 4.00. The van der Waals surface area contributed by atoms with Crippen molar-refractivity contribution in [2.24, 2.45) is 0 Å². The van der Waals surface area contributed by atoms with Gasteiger partial charge in [-0.25, -0.2) is 14.3 Å². The maximum Gasteiger partial charge on any atom is 0.401 e. The molecule has 0 fully saturated rings. The summed E-state index contributed by atoms with van der Waals surface area (Å²) in [4.78, 5) is 21.8. The van der Waals surface area contributed by atoms with Crippen LogP contribution in [-0.2, 0) is 5.41 Å². The minimum atomic E-state index is -4.71. The number of aromatic nitrogens is 4. The van der Waals surface area contributed by atoms with Gasteiger partial charge in [0.1, 0.15) is 11.5 Å². The van der Waals surface area contributed by atoms with E-state index >= 15 is 0 Å². The number of rotatable bonds is 3. The Hall–Kier alpha value is -2.67. The summed E-state index contributed by atoms with van der Waals surface area (Å²) in [6, 6.07) is 1.69. The van der Waals surface area contributed by atoms with Gasteiger partial charge in [-0.3, -0.25) is 9.88 Å². The number of carbonyl (C=O) groups is 1. The first kappa shape index (κ1) is 22.5. The number of aliphatic hydroxyl groups is 2. The maximum absolute atomic E-state index is 14.1. The van der Waals surface area contributed by atoms with E-state index in [2.05, 4.69) is 20.4 Å². The molecule has 9 nitrogen and oxygen atoms in total. The van der Waals surface area contributed by atoms with E-state index in [0.29, 0.717) is 0 Å². The number of halogens is 5. The van der Waals surface area contributed by atoms with Gasteiger partial charge in [0.2, 0.25) is 0 Å². The highest BCUT2D eigenvalue weighted by Crippen LogP contribution is 2.50. The summed E-state index contributed by atoms with van der Waals surface area (Å²) in [6.07, 6.45) is -3.71. The summed E-state index contributed by atoms with van der Waals surface area (Å²) in [7, 11) is 0. The molecule has 1 aliphatic heterocycles. The van der Waals surface area contributed by atoms with Crippen LogP contribution in [0.2, 0.25) is 10.2 Å². The van der Waals surface area contributed by atoms with Crippen LogP contribution in [-0.4, -0.2) is 55.2 Å². The third-order valence-electron chi connectivity index (χ3n) is 5.20. The maximum atomic E-state index is 14.1. The van der Waals surface area contributed by atoms with Gasteiger partial charge in [-0.15, -0.1) is 0 Å². The van der Waals surface area contributed by atoms with Gasteiger partial charge in [-0.1, -0.05) is 23.2 Å². The van der Waals surface area contributed by atoms with Crippen LogP contribution >= 0.6 is 23.2 Å². The first-order valence-electron chi connectivity index (χ1n) is 9.10. The normalized spacial score (nSPS) is 19.3. The number of hydrogen-bond acceptors (Lipinski definition) is 6. The summed E-state index contributed by atoms with van der Waals surface area (Å²) < 4.78 is 43.3. The Morgan fingerprint density at radius 2 is 2.03 bits per heavy atom. The summed E-state index contributed by atoms with van der Waals surface area (Å²) in [6.45, 7) is -0.367. The zero-order chi connectivity index (χ0) is 23.4. The quantitative estimate of drug-likeness (QED) is 0.518. The second kappa shape index (κ2) is 7.73. The number of pyridine rings is 1. The van der Waals surface area contributed by atoms with E-state index in [4.69, 9.17) is 28.3 Å². The average Bonchev–Trinajstić information content (AvgIpc) is 3.24. The van der Waals surface area contributed by atoms with E-state index in [9.17, 15) is 23.1 Å². The van der Waals surface area contributed by atoms with E-state index in [0.717, 1.165) is 28.7 Å². The SMILES string of the molecule is C[C@@]1(C(F)(F)F)CN(C(=O)Nc2cnc([C@@H](O)CO)c(Cl)c2)c2cnc3cc(Cl)nn3c21. The molecule has 14 heteroatoms. The van der Waals surface area contributed by atoms with Crippen molar-refractivity contribution in [3.05, 3.63) is 46.1 Å². The number of amides is 2. The molecule has 3 N–H and O–H groups in total. The number of hydrogen-bond donors (Lipinski definition) is 3. The van der Waals surface area contributed by atoms with Crippen LogP contribution in [0.4, 0.5) is 29.3 Å². The smallest absolute Gasteiger partial charge is 0.393 e. The lowest BCUT2D eigenvalue weighted by Crippen LogP contribution is -2.46. The van der Waals surface area contributed by atoms with Crippen LogP contribution in [0.25, 0.3) is 5.65 Å². The van der Waals surface area contributed by atoms with E-state index < -0.39 is 36.9 Å². The molecule has 0 aliphatic carbocycles. The molecule has 4 rings (SSSR count). The van der Waals surface area contributed by atoms with Gasteiger partial charge in [0, 0.05) is 12.6 Å². The lowest BCUT2D eigenvalue weighted by Gasteiger charge is -2.28. The molecule has 0 bridgehead atoms. The monoisotopic (exact) mass is 490 g/mol. The predicted molar refractivity (Wildman–Crippen MR) is 109 cm³/mol. The molecule has 4 heterocycles. The number of anilines is 2. The Balaban J connectivity index is 1.72.